The van der Waals surface area contributed by atoms with Crippen molar-refractivity contribution in [3.05, 3.63) is 23.3 Å². The maximum atomic E-state index is 12.4. The van der Waals surface area contributed by atoms with E-state index in [1.807, 2.05) is 0 Å². The van der Waals surface area contributed by atoms with Gasteiger partial charge in [-0.15, -0.1) is 6.42 Å². The van der Waals surface area contributed by atoms with Gasteiger partial charge in [-0.2, -0.15) is 0 Å². The molecule has 2 saturated carbocycles. The van der Waals surface area contributed by atoms with E-state index in [-0.39, 0.29) is 34.7 Å². The van der Waals surface area contributed by atoms with Gasteiger partial charge in [0.05, 0.1) is 6.42 Å². The van der Waals surface area contributed by atoms with E-state index in [1.165, 1.54) is 6.07 Å². The molecule has 3 aliphatic rings. The van der Waals surface area contributed by atoms with Crippen LogP contribution in [0, 0.1) is 29.6 Å². The summed E-state index contributed by atoms with van der Waals surface area (Å²) in [6.07, 6.45) is 9.80. The number of benzene rings is 1. The van der Waals surface area contributed by atoms with Crippen molar-refractivity contribution in [1.29, 1.82) is 0 Å². The lowest BCUT2D eigenvalue weighted by Crippen LogP contribution is -2.50. The molecule has 31 heavy (non-hydrogen) atoms. The summed E-state index contributed by atoms with van der Waals surface area (Å²) >= 11 is 0. The second kappa shape index (κ2) is 7.54. The Morgan fingerprint density at radius 2 is 2.06 bits per heavy atom. The van der Waals surface area contributed by atoms with Crippen molar-refractivity contribution in [3.8, 4) is 23.8 Å². The average Bonchev–Trinajstić information content (AvgIpc) is 2.98. The number of carboxylic acid groups (broad SMARTS) is 1. The highest BCUT2D eigenvalue weighted by Crippen LogP contribution is 2.65. The Kier molecular flexibility index (Phi) is 5.27. The summed E-state index contributed by atoms with van der Waals surface area (Å²) in [6.45, 7) is 2.10. The molecule has 1 unspecified atom stereocenters. The SMILES string of the molecule is C#C[C@]1(O)CC[C@H]2[C@@H]3CCc4cc(O)cc(OC(=O)[C@@H](N)CC(=O)O)c4[C@H]3CCC21C. The molecule has 1 aromatic rings. The third-order valence-electron chi connectivity index (χ3n) is 8.07. The number of hydrogen-bond donors (Lipinski definition) is 4. The number of phenolic OH excluding ortho intramolecular Hbond substituents is 1. The maximum absolute atomic E-state index is 12.4. The van der Waals surface area contributed by atoms with Crippen LogP contribution in [0.4, 0.5) is 0 Å². The summed E-state index contributed by atoms with van der Waals surface area (Å²) in [5.74, 6) is 1.54. The highest BCUT2D eigenvalue weighted by molar-refractivity contribution is 5.83. The molecular weight excluding hydrogens is 398 g/mol. The summed E-state index contributed by atoms with van der Waals surface area (Å²) in [5, 5.41) is 30.2. The lowest BCUT2D eigenvalue weighted by Gasteiger charge is -2.52. The number of rotatable bonds is 4. The number of fused-ring (bicyclic) bond motifs is 5. The predicted octanol–water partition coefficient (Wildman–Crippen LogP) is 2.32. The summed E-state index contributed by atoms with van der Waals surface area (Å²) < 4.78 is 5.53. The van der Waals surface area contributed by atoms with Crippen LogP contribution in [0.15, 0.2) is 12.1 Å². The molecule has 3 aliphatic carbocycles. The summed E-state index contributed by atoms with van der Waals surface area (Å²) in [5.41, 5.74) is 6.06. The summed E-state index contributed by atoms with van der Waals surface area (Å²) in [7, 11) is 0. The number of carbonyl (C=O) groups excluding carboxylic acids is 1. The van der Waals surface area contributed by atoms with Crippen LogP contribution in [0.2, 0.25) is 0 Å². The molecular formula is C24H29NO6. The van der Waals surface area contributed by atoms with Gasteiger partial charge in [0.25, 0.3) is 0 Å². The molecule has 4 rings (SSSR count). The number of phenols is 1. The Hall–Kier alpha value is -2.56. The average molecular weight is 427 g/mol. The number of carboxylic acids is 1. The Labute approximate surface area is 181 Å². The number of aliphatic carboxylic acids is 1. The van der Waals surface area contributed by atoms with Crippen molar-refractivity contribution >= 4 is 11.9 Å². The Balaban J connectivity index is 1.67. The van der Waals surface area contributed by atoms with Crippen LogP contribution in [0.3, 0.4) is 0 Å². The topological polar surface area (TPSA) is 130 Å². The lowest BCUT2D eigenvalue weighted by molar-refractivity contribution is -0.143. The number of aryl methyl sites for hydroxylation is 1. The van der Waals surface area contributed by atoms with Gasteiger partial charge in [-0.05, 0) is 67.9 Å². The summed E-state index contributed by atoms with van der Waals surface area (Å²) in [4.78, 5) is 23.3. The van der Waals surface area contributed by atoms with Crippen LogP contribution in [-0.2, 0) is 16.0 Å². The maximum Gasteiger partial charge on any atom is 0.328 e. The third-order valence-corrected chi connectivity index (χ3v) is 8.07. The normalized spacial score (nSPS) is 34.6. The number of terminal acetylenes is 1. The molecule has 0 amide bonds. The molecule has 166 valence electrons. The number of ether oxygens (including phenoxy) is 1. The van der Waals surface area contributed by atoms with E-state index in [9.17, 15) is 19.8 Å². The van der Waals surface area contributed by atoms with E-state index in [2.05, 4.69) is 12.8 Å². The van der Waals surface area contributed by atoms with Gasteiger partial charge in [-0.25, -0.2) is 4.79 Å². The van der Waals surface area contributed by atoms with Crippen LogP contribution < -0.4 is 10.5 Å². The molecule has 0 saturated heterocycles. The highest BCUT2D eigenvalue weighted by Gasteiger charge is 2.61. The largest absolute Gasteiger partial charge is 0.508 e. The fourth-order valence-electron chi connectivity index (χ4n) is 6.46. The molecule has 7 nitrogen and oxygen atoms in total. The van der Waals surface area contributed by atoms with Crippen molar-refractivity contribution in [2.75, 3.05) is 0 Å². The minimum atomic E-state index is -1.29. The molecule has 0 heterocycles. The molecule has 0 aromatic heterocycles. The molecule has 2 fully saturated rings. The zero-order valence-electron chi connectivity index (χ0n) is 17.6. The molecule has 5 N–H and O–H groups in total. The fourth-order valence-corrected chi connectivity index (χ4v) is 6.46. The van der Waals surface area contributed by atoms with E-state index >= 15 is 0 Å². The molecule has 6 atom stereocenters. The second-order valence-corrected chi connectivity index (χ2v) is 9.56. The Morgan fingerprint density at radius 3 is 2.74 bits per heavy atom. The monoisotopic (exact) mass is 427 g/mol. The van der Waals surface area contributed by atoms with Gasteiger partial charge < -0.3 is 25.8 Å². The summed E-state index contributed by atoms with van der Waals surface area (Å²) in [6, 6.07) is 1.83. The van der Waals surface area contributed by atoms with Gasteiger partial charge >= 0.3 is 11.9 Å². The van der Waals surface area contributed by atoms with E-state index in [0.29, 0.717) is 6.42 Å². The van der Waals surface area contributed by atoms with E-state index in [0.717, 1.165) is 43.2 Å². The molecule has 7 heteroatoms. The van der Waals surface area contributed by atoms with Gasteiger partial charge in [0.1, 0.15) is 23.1 Å². The van der Waals surface area contributed by atoms with Crippen molar-refractivity contribution in [3.63, 3.8) is 0 Å². The Morgan fingerprint density at radius 1 is 1.32 bits per heavy atom. The van der Waals surface area contributed by atoms with E-state index in [4.69, 9.17) is 22.0 Å². The van der Waals surface area contributed by atoms with Crippen LogP contribution in [0.1, 0.15) is 62.5 Å². The first kappa shape index (κ1) is 21.7. The smallest absolute Gasteiger partial charge is 0.328 e. The second-order valence-electron chi connectivity index (χ2n) is 9.56. The van der Waals surface area contributed by atoms with Gasteiger partial charge in [0, 0.05) is 17.0 Å². The fraction of sp³-hybridized carbons (Fsp3) is 0.583. The number of nitrogens with two attached hydrogens (primary N) is 1. The van der Waals surface area contributed by atoms with Gasteiger partial charge in [-0.3, -0.25) is 4.79 Å². The van der Waals surface area contributed by atoms with Crippen molar-refractivity contribution in [2.24, 2.45) is 23.0 Å². The van der Waals surface area contributed by atoms with Crippen LogP contribution in [-0.4, -0.2) is 38.9 Å². The van der Waals surface area contributed by atoms with Gasteiger partial charge in [0.2, 0.25) is 0 Å². The first-order chi connectivity index (χ1) is 14.6. The van der Waals surface area contributed by atoms with Gasteiger partial charge in [0.15, 0.2) is 0 Å². The highest BCUT2D eigenvalue weighted by atomic mass is 16.5. The van der Waals surface area contributed by atoms with Crippen molar-refractivity contribution in [2.45, 2.75) is 69.4 Å². The zero-order chi connectivity index (χ0) is 22.6. The molecule has 0 spiro atoms. The lowest BCUT2D eigenvalue weighted by atomic mass is 9.53. The quantitative estimate of drug-likeness (QED) is 0.330. The predicted molar refractivity (Wildman–Crippen MR) is 112 cm³/mol. The first-order valence-electron chi connectivity index (χ1n) is 10.8. The van der Waals surface area contributed by atoms with Gasteiger partial charge in [-0.1, -0.05) is 12.8 Å². The Bertz CT molecular complexity index is 968. The van der Waals surface area contributed by atoms with Crippen LogP contribution >= 0.6 is 0 Å². The minimum Gasteiger partial charge on any atom is -0.508 e. The molecule has 0 bridgehead atoms. The molecule has 0 aliphatic heterocycles. The van der Waals surface area contributed by atoms with E-state index in [1.54, 1.807) is 6.07 Å². The minimum absolute atomic E-state index is 0.00460. The van der Waals surface area contributed by atoms with Crippen molar-refractivity contribution < 1.29 is 29.6 Å². The number of hydrogen-bond acceptors (Lipinski definition) is 6. The van der Waals surface area contributed by atoms with Crippen LogP contribution in [0.25, 0.3) is 0 Å². The number of carbonyl (C=O) groups is 2. The first-order valence-corrected chi connectivity index (χ1v) is 10.8. The number of aliphatic hydroxyl groups is 1. The molecule has 1 aromatic carbocycles. The molecule has 0 radical (unpaired) electrons. The van der Waals surface area contributed by atoms with Crippen molar-refractivity contribution in [1.82, 2.24) is 0 Å². The number of esters is 1. The van der Waals surface area contributed by atoms with E-state index < -0.39 is 30.0 Å². The zero-order valence-corrected chi connectivity index (χ0v) is 17.6. The third kappa shape index (κ3) is 3.38. The standard InChI is InChI=1S/C24H29NO6/c1-3-24(30)9-7-17-15-5-4-13-10-14(26)11-19(31-22(29)18(25)12-20(27)28)21(13)16(15)6-8-23(17,24)2/h1,10-11,15-18,26,30H,4-9,12,25H2,2H3,(H,27,28)/t15-,16+,17+,18+,23?,24+/m1/s1. The van der Waals surface area contributed by atoms with Crippen LogP contribution in [0.5, 0.6) is 11.5 Å². The number of aromatic hydroxyl groups is 1.